The maximum atomic E-state index is 8.62. The van der Waals surface area contributed by atoms with Gasteiger partial charge < -0.3 is 5.73 Å². The fraction of sp³-hybridized carbons (Fsp3) is 0.600. The topological polar surface area (TPSA) is 73.6 Å². The van der Waals surface area contributed by atoms with Gasteiger partial charge in [0.05, 0.1) is 0 Å². The van der Waals surface area contributed by atoms with E-state index in [1.54, 1.807) is 0 Å². The van der Waals surface area contributed by atoms with Crippen LogP contribution >= 0.6 is 0 Å². The van der Waals surface area contributed by atoms with Crippen LogP contribution in [0.25, 0.3) is 0 Å². The van der Waals surface area contributed by atoms with Gasteiger partial charge in [0, 0.05) is 11.6 Å². The normalized spacial score (nSPS) is 17.1. The van der Waals surface area contributed by atoms with E-state index in [-0.39, 0.29) is 11.5 Å². The Morgan fingerprint density at radius 3 is 2.08 bits per heavy atom. The number of nitrogens with zero attached hydrogens (tertiary/aromatic N) is 2. The van der Waals surface area contributed by atoms with Crippen LogP contribution in [-0.2, 0) is 0 Å². The molecule has 1 rings (SSSR count). The van der Waals surface area contributed by atoms with Crippen molar-refractivity contribution in [3.8, 4) is 12.1 Å². The van der Waals surface area contributed by atoms with E-state index in [4.69, 9.17) is 16.3 Å². The van der Waals surface area contributed by atoms with Crippen molar-refractivity contribution in [2.24, 2.45) is 11.7 Å². The summed E-state index contributed by atoms with van der Waals surface area (Å²) in [4.78, 5) is 0. The lowest BCUT2D eigenvalue weighted by atomic mass is 9.86. The average molecular weight is 175 g/mol. The summed E-state index contributed by atoms with van der Waals surface area (Å²) in [5.74, 6) is 0.267. The number of hydrogen-bond donors (Lipinski definition) is 1. The molecule has 1 fully saturated rings. The van der Waals surface area contributed by atoms with Crippen LogP contribution in [0.2, 0.25) is 0 Å². The first-order valence-electron chi connectivity index (χ1n) is 4.59. The first-order chi connectivity index (χ1) is 6.29. The van der Waals surface area contributed by atoms with Gasteiger partial charge >= 0.3 is 0 Å². The minimum atomic E-state index is 0.104. The van der Waals surface area contributed by atoms with Crippen LogP contribution in [0.5, 0.6) is 0 Å². The van der Waals surface area contributed by atoms with E-state index in [1.165, 1.54) is 6.42 Å². The van der Waals surface area contributed by atoms with Gasteiger partial charge in [0.15, 0.2) is 0 Å². The zero-order chi connectivity index (χ0) is 9.68. The van der Waals surface area contributed by atoms with E-state index >= 15 is 0 Å². The van der Waals surface area contributed by atoms with Crippen LogP contribution in [0, 0.1) is 28.6 Å². The summed E-state index contributed by atoms with van der Waals surface area (Å²) >= 11 is 0. The van der Waals surface area contributed by atoms with Gasteiger partial charge in [0.1, 0.15) is 17.7 Å². The Balaban J connectivity index is 2.76. The molecule has 0 bridgehead atoms. The predicted molar refractivity (Wildman–Crippen MR) is 49.0 cm³/mol. The van der Waals surface area contributed by atoms with E-state index in [9.17, 15) is 0 Å². The molecule has 0 spiro atoms. The summed E-state index contributed by atoms with van der Waals surface area (Å²) in [6, 6.07) is 3.68. The highest BCUT2D eigenvalue weighted by atomic mass is 14.6. The summed E-state index contributed by atoms with van der Waals surface area (Å²) in [6.07, 6.45) is 5.63. The molecule has 0 amide bonds. The summed E-state index contributed by atoms with van der Waals surface area (Å²) in [5, 5.41) is 17.2. The van der Waals surface area contributed by atoms with Crippen molar-refractivity contribution in [1.29, 1.82) is 10.5 Å². The SMILES string of the molecule is N#CC(C#N)=C(N)C1CCCCC1. The second kappa shape index (κ2) is 4.52. The standard InChI is InChI=1S/C10H13N3/c11-6-9(7-12)10(13)8-4-2-1-3-5-8/h8H,1-5,13H2. The molecule has 1 aliphatic rings. The maximum Gasteiger partial charge on any atom is 0.148 e. The molecule has 1 saturated carbocycles. The third-order valence-corrected chi connectivity index (χ3v) is 2.56. The van der Waals surface area contributed by atoms with E-state index in [1.807, 2.05) is 12.1 Å². The fourth-order valence-corrected chi connectivity index (χ4v) is 1.77. The number of hydrogen-bond acceptors (Lipinski definition) is 3. The van der Waals surface area contributed by atoms with Gasteiger partial charge in [-0.15, -0.1) is 0 Å². The molecule has 1 aliphatic carbocycles. The highest BCUT2D eigenvalue weighted by Crippen LogP contribution is 2.28. The van der Waals surface area contributed by atoms with Crippen molar-refractivity contribution in [3.63, 3.8) is 0 Å². The quantitative estimate of drug-likeness (QED) is 0.618. The predicted octanol–water partition coefficient (Wildman–Crippen LogP) is 1.83. The van der Waals surface area contributed by atoms with Gasteiger partial charge in [-0.2, -0.15) is 10.5 Å². The number of allylic oxidation sites excluding steroid dienone is 2. The van der Waals surface area contributed by atoms with Crippen molar-refractivity contribution in [2.45, 2.75) is 32.1 Å². The first kappa shape index (κ1) is 9.61. The van der Waals surface area contributed by atoms with Crippen molar-refractivity contribution in [2.75, 3.05) is 0 Å². The van der Waals surface area contributed by atoms with Crippen molar-refractivity contribution < 1.29 is 0 Å². The monoisotopic (exact) mass is 175 g/mol. The summed E-state index contributed by atoms with van der Waals surface area (Å²) in [7, 11) is 0. The molecule has 0 aliphatic heterocycles. The summed E-state index contributed by atoms with van der Waals surface area (Å²) < 4.78 is 0. The third kappa shape index (κ3) is 2.23. The highest BCUT2D eigenvalue weighted by Gasteiger charge is 2.18. The molecule has 0 radical (unpaired) electrons. The molecule has 3 heteroatoms. The second-order valence-electron chi connectivity index (χ2n) is 3.39. The Labute approximate surface area is 78.5 Å². The van der Waals surface area contributed by atoms with Crippen molar-refractivity contribution >= 4 is 0 Å². The Bertz CT molecular complexity index is 268. The van der Waals surface area contributed by atoms with E-state index in [0.29, 0.717) is 5.70 Å². The van der Waals surface area contributed by atoms with Crippen LogP contribution in [0.3, 0.4) is 0 Å². The van der Waals surface area contributed by atoms with Gasteiger partial charge in [-0.25, -0.2) is 0 Å². The fourth-order valence-electron chi connectivity index (χ4n) is 1.77. The van der Waals surface area contributed by atoms with E-state index in [0.717, 1.165) is 25.7 Å². The molecule has 0 aromatic carbocycles. The van der Waals surface area contributed by atoms with E-state index in [2.05, 4.69) is 0 Å². The molecule has 0 aromatic rings. The molecular weight excluding hydrogens is 162 g/mol. The second-order valence-corrected chi connectivity index (χ2v) is 3.39. The number of rotatable bonds is 1. The van der Waals surface area contributed by atoms with Gasteiger partial charge in [0.25, 0.3) is 0 Å². The Morgan fingerprint density at radius 2 is 1.62 bits per heavy atom. The molecule has 3 nitrogen and oxygen atoms in total. The largest absolute Gasteiger partial charge is 0.400 e. The molecule has 0 unspecified atom stereocenters. The zero-order valence-electron chi connectivity index (χ0n) is 7.58. The van der Waals surface area contributed by atoms with Gasteiger partial charge in [-0.05, 0) is 12.8 Å². The van der Waals surface area contributed by atoms with Crippen molar-refractivity contribution in [1.82, 2.24) is 0 Å². The molecular formula is C10H13N3. The Kier molecular flexibility index (Phi) is 3.34. The minimum Gasteiger partial charge on any atom is -0.400 e. The number of nitriles is 2. The van der Waals surface area contributed by atoms with Crippen LogP contribution in [0.15, 0.2) is 11.3 Å². The molecule has 0 heterocycles. The van der Waals surface area contributed by atoms with Crippen LogP contribution < -0.4 is 5.73 Å². The summed E-state index contributed by atoms with van der Waals surface area (Å²) in [5.41, 5.74) is 6.36. The molecule has 2 N–H and O–H groups in total. The molecule has 0 saturated heterocycles. The van der Waals surface area contributed by atoms with Gasteiger partial charge in [0.2, 0.25) is 0 Å². The van der Waals surface area contributed by atoms with Gasteiger partial charge in [-0.3, -0.25) is 0 Å². The number of nitrogens with two attached hydrogens (primary N) is 1. The van der Waals surface area contributed by atoms with Crippen molar-refractivity contribution in [3.05, 3.63) is 11.3 Å². The Hall–Kier alpha value is -1.48. The third-order valence-electron chi connectivity index (χ3n) is 2.56. The van der Waals surface area contributed by atoms with E-state index < -0.39 is 0 Å². The molecule has 0 atom stereocenters. The highest BCUT2D eigenvalue weighted by molar-refractivity contribution is 5.39. The zero-order valence-corrected chi connectivity index (χ0v) is 7.58. The lowest BCUT2D eigenvalue weighted by molar-refractivity contribution is 0.399. The smallest absolute Gasteiger partial charge is 0.148 e. The minimum absolute atomic E-state index is 0.104. The molecule has 68 valence electrons. The van der Waals surface area contributed by atoms with Crippen LogP contribution in [0.4, 0.5) is 0 Å². The first-order valence-corrected chi connectivity index (χ1v) is 4.59. The lowest BCUT2D eigenvalue weighted by Crippen LogP contribution is -2.17. The lowest BCUT2D eigenvalue weighted by Gasteiger charge is -2.21. The average Bonchev–Trinajstić information content (AvgIpc) is 2.21. The van der Waals surface area contributed by atoms with Crippen LogP contribution in [0.1, 0.15) is 32.1 Å². The summed E-state index contributed by atoms with van der Waals surface area (Å²) in [6.45, 7) is 0. The Morgan fingerprint density at radius 1 is 1.08 bits per heavy atom. The maximum absolute atomic E-state index is 8.62. The van der Waals surface area contributed by atoms with Crippen LogP contribution in [-0.4, -0.2) is 0 Å². The molecule has 13 heavy (non-hydrogen) atoms. The van der Waals surface area contributed by atoms with Gasteiger partial charge in [-0.1, -0.05) is 19.3 Å². The molecule has 0 aromatic heterocycles.